The van der Waals surface area contributed by atoms with Gasteiger partial charge < -0.3 is 19.1 Å². The molecular weight excluding hydrogens is 643 g/mol. The summed E-state index contributed by atoms with van der Waals surface area (Å²) < 4.78 is 16.9. The van der Waals surface area contributed by atoms with Gasteiger partial charge in [0.15, 0.2) is 0 Å². The minimum absolute atomic E-state index is 0.00990. The number of benzene rings is 1. The van der Waals surface area contributed by atoms with Crippen LogP contribution >= 0.6 is 21.6 Å². The molecule has 2 atom stereocenters. The molecular formula is C34H47N3O8S2. The molecule has 0 bridgehead atoms. The number of likely N-dealkylation sites (tertiary alicyclic amines) is 1. The van der Waals surface area contributed by atoms with Gasteiger partial charge in [0, 0.05) is 31.0 Å². The van der Waals surface area contributed by atoms with Crippen molar-refractivity contribution in [1.29, 1.82) is 0 Å². The number of amides is 2. The Hall–Kier alpha value is -3.54. The van der Waals surface area contributed by atoms with Crippen molar-refractivity contribution in [2.75, 3.05) is 31.7 Å². The maximum atomic E-state index is 13.8. The summed E-state index contributed by atoms with van der Waals surface area (Å²) >= 11 is 0. The van der Waals surface area contributed by atoms with Crippen LogP contribution in [0.5, 0.6) is 5.75 Å². The number of hydrogen-bond acceptors (Lipinski definition) is 11. The number of unbranched alkanes of at least 4 members (excludes halogenated alkanes) is 2. The molecule has 0 aliphatic carbocycles. The van der Waals surface area contributed by atoms with Gasteiger partial charge in [0.05, 0.1) is 23.9 Å². The van der Waals surface area contributed by atoms with Crippen molar-refractivity contribution in [1.82, 2.24) is 9.88 Å². The second-order valence-corrected chi connectivity index (χ2v) is 15.1. The second-order valence-electron chi connectivity index (χ2n) is 12.4. The normalized spacial score (nSPS) is 14.7. The molecule has 1 fully saturated rings. The number of rotatable bonds is 15. The zero-order chi connectivity index (χ0) is 34.8. The van der Waals surface area contributed by atoms with Gasteiger partial charge in [-0.15, -0.1) is 0 Å². The molecule has 1 aromatic carbocycles. The standard InChI is InChI=1S/C33H47N3O6S2.CO2/c1-23-19-27(31(38)36-17-12-13-26(36)22-41-25(3)37)28(20-29(23)40-18-11-7-9-15-33(4,5)6)35-32(39)42-21-24(2)43-44-30-14-8-10-16-34-30;2-1-3/h8,10,14,16,19-20,24,26H,7,9,11-13,15,17-18,21-22H2,1-6H3,(H,35,39);/t24?,26-;/m0./s1. The summed E-state index contributed by atoms with van der Waals surface area (Å²) in [7, 11) is 3.09. The van der Waals surface area contributed by atoms with Crippen molar-refractivity contribution in [2.24, 2.45) is 5.41 Å². The lowest BCUT2D eigenvalue weighted by atomic mass is 9.89. The summed E-state index contributed by atoms with van der Waals surface area (Å²) in [6.45, 7) is 13.4. The Morgan fingerprint density at radius 3 is 2.53 bits per heavy atom. The number of carbonyl (C=O) groups excluding carboxylic acids is 5. The molecule has 11 nitrogen and oxygen atoms in total. The van der Waals surface area contributed by atoms with E-state index in [1.165, 1.54) is 17.7 Å². The molecule has 3 rings (SSSR count). The molecule has 1 aliphatic rings. The lowest BCUT2D eigenvalue weighted by Gasteiger charge is -2.26. The summed E-state index contributed by atoms with van der Waals surface area (Å²) in [6.07, 6.45) is 7.17. The summed E-state index contributed by atoms with van der Waals surface area (Å²) in [5, 5.41) is 3.69. The first-order valence-electron chi connectivity index (χ1n) is 15.7. The van der Waals surface area contributed by atoms with Gasteiger partial charge in [0.2, 0.25) is 0 Å². The highest BCUT2D eigenvalue weighted by Crippen LogP contribution is 2.34. The van der Waals surface area contributed by atoms with Crippen LogP contribution in [0.15, 0.2) is 41.6 Å². The van der Waals surface area contributed by atoms with E-state index in [0.29, 0.717) is 35.6 Å². The molecule has 1 aromatic heterocycles. The first-order valence-corrected chi connectivity index (χ1v) is 17.9. The van der Waals surface area contributed by atoms with Gasteiger partial charge in [-0.3, -0.25) is 14.9 Å². The van der Waals surface area contributed by atoms with E-state index in [2.05, 4.69) is 31.1 Å². The zero-order valence-corrected chi connectivity index (χ0v) is 29.8. The largest absolute Gasteiger partial charge is 0.493 e. The van der Waals surface area contributed by atoms with E-state index in [4.69, 9.17) is 23.8 Å². The van der Waals surface area contributed by atoms with E-state index >= 15 is 0 Å². The van der Waals surface area contributed by atoms with Gasteiger partial charge in [-0.2, -0.15) is 9.59 Å². The van der Waals surface area contributed by atoms with Gasteiger partial charge in [0.1, 0.15) is 24.0 Å². The number of hydrogen-bond donors (Lipinski definition) is 1. The van der Waals surface area contributed by atoms with Crippen molar-refractivity contribution in [3.8, 4) is 5.75 Å². The molecule has 0 saturated carbocycles. The van der Waals surface area contributed by atoms with Crippen LogP contribution in [0.4, 0.5) is 10.5 Å². The Morgan fingerprint density at radius 2 is 1.87 bits per heavy atom. The van der Waals surface area contributed by atoms with Gasteiger partial charge in [0.25, 0.3) is 5.91 Å². The van der Waals surface area contributed by atoms with Crippen LogP contribution in [-0.2, 0) is 23.9 Å². The highest BCUT2D eigenvalue weighted by atomic mass is 33.1. The fraction of sp³-hybridized carbons (Fsp3) is 0.559. The Morgan fingerprint density at radius 1 is 1.13 bits per heavy atom. The van der Waals surface area contributed by atoms with E-state index in [1.807, 2.05) is 32.0 Å². The molecule has 258 valence electrons. The van der Waals surface area contributed by atoms with Crippen molar-refractivity contribution in [3.63, 3.8) is 0 Å². The fourth-order valence-electron chi connectivity index (χ4n) is 4.78. The lowest BCUT2D eigenvalue weighted by molar-refractivity contribution is -0.191. The van der Waals surface area contributed by atoms with Gasteiger partial charge in [-0.25, -0.2) is 9.78 Å². The average molecular weight is 690 g/mol. The van der Waals surface area contributed by atoms with Crippen LogP contribution < -0.4 is 10.1 Å². The Bertz CT molecular complexity index is 1330. The van der Waals surface area contributed by atoms with E-state index in [9.17, 15) is 14.4 Å². The summed E-state index contributed by atoms with van der Waals surface area (Å²) in [5.74, 6) is -0.000293. The molecule has 0 spiro atoms. The summed E-state index contributed by atoms with van der Waals surface area (Å²) in [4.78, 5) is 60.4. The number of nitrogens with zero attached hydrogens (tertiary/aromatic N) is 2. The van der Waals surface area contributed by atoms with Crippen molar-refractivity contribution in [2.45, 2.75) is 96.4 Å². The van der Waals surface area contributed by atoms with Crippen LogP contribution in [0.1, 0.15) is 89.1 Å². The molecule has 1 aliphatic heterocycles. The molecule has 2 amide bonds. The van der Waals surface area contributed by atoms with Crippen LogP contribution in [0, 0.1) is 12.3 Å². The van der Waals surface area contributed by atoms with Gasteiger partial charge in [-0.05, 0) is 79.5 Å². The van der Waals surface area contributed by atoms with E-state index in [0.717, 1.165) is 49.1 Å². The molecule has 47 heavy (non-hydrogen) atoms. The fourth-order valence-corrected chi connectivity index (χ4v) is 6.65. The number of anilines is 1. The SMILES string of the molecule is CC(=O)OC[C@@H]1CCCN1C(=O)c1cc(C)c(OCCCCCC(C)(C)C)cc1NC(=O)OCC(C)SSc1ccccn1.O=C=O. The number of pyridine rings is 1. The molecule has 1 unspecified atom stereocenters. The average Bonchev–Trinajstić information content (AvgIpc) is 3.49. The van der Waals surface area contributed by atoms with E-state index in [1.54, 1.807) is 34.0 Å². The smallest absolute Gasteiger partial charge is 0.411 e. The van der Waals surface area contributed by atoms with Gasteiger partial charge >= 0.3 is 18.2 Å². The minimum Gasteiger partial charge on any atom is -0.493 e. The van der Waals surface area contributed by atoms with Crippen LogP contribution in [0.3, 0.4) is 0 Å². The molecule has 2 heterocycles. The Balaban J connectivity index is 0.00000246. The van der Waals surface area contributed by atoms with E-state index < -0.39 is 6.09 Å². The highest BCUT2D eigenvalue weighted by molar-refractivity contribution is 8.76. The minimum atomic E-state index is -0.649. The summed E-state index contributed by atoms with van der Waals surface area (Å²) in [6, 6.07) is 8.98. The number of esters is 1. The molecule has 0 radical (unpaired) electrons. The molecule has 1 N–H and O–H groups in total. The highest BCUT2D eigenvalue weighted by Gasteiger charge is 2.32. The number of aryl methyl sites for hydroxylation is 1. The second kappa shape index (κ2) is 20.6. The first-order chi connectivity index (χ1) is 22.3. The molecule has 2 aromatic rings. The predicted molar refractivity (Wildman–Crippen MR) is 182 cm³/mol. The number of nitrogens with one attached hydrogen (secondary N) is 1. The van der Waals surface area contributed by atoms with E-state index in [-0.39, 0.29) is 42.5 Å². The monoisotopic (exact) mass is 689 g/mol. The molecule has 1 saturated heterocycles. The van der Waals surface area contributed by atoms with Gasteiger partial charge in [-0.1, -0.05) is 50.5 Å². The van der Waals surface area contributed by atoms with Crippen molar-refractivity contribution in [3.05, 3.63) is 47.7 Å². The maximum Gasteiger partial charge on any atom is 0.411 e. The Kier molecular flexibility index (Phi) is 17.4. The van der Waals surface area contributed by atoms with Crippen molar-refractivity contribution >= 4 is 51.4 Å². The topological polar surface area (TPSA) is 141 Å². The Labute approximate surface area is 285 Å². The zero-order valence-electron chi connectivity index (χ0n) is 28.2. The summed E-state index contributed by atoms with van der Waals surface area (Å²) in [5.41, 5.74) is 1.79. The van der Waals surface area contributed by atoms with Crippen LogP contribution in [0.25, 0.3) is 0 Å². The van der Waals surface area contributed by atoms with Crippen molar-refractivity contribution < 1.29 is 38.2 Å². The number of aromatic nitrogens is 1. The quantitative estimate of drug-likeness (QED) is 0.114. The first kappa shape index (κ1) is 39.6. The number of ether oxygens (including phenoxy) is 3. The maximum absolute atomic E-state index is 13.8. The van der Waals surface area contributed by atoms with Crippen LogP contribution in [0.2, 0.25) is 0 Å². The lowest BCUT2D eigenvalue weighted by Crippen LogP contribution is -2.39. The third kappa shape index (κ3) is 15.3. The van der Waals surface area contributed by atoms with Crippen LogP contribution in [-0.4, -0.2) is 71.7 Å². The third-order valence-electron chi connectivity index (χ3n) is 7.11. The third-order valence-corrected chi connectivity index (χ3v) is 9.87. The predicted octanol–water partition coefficient (Wildman–Crippen LogP) is 7.34. The number of carbonyl (C=O) groups is 3. The molecule has 13 heteroatoms.